The smallest absolute Gasteiger partial charge is 0.0817 e. The molecule has 4 nitrogen and oxygen atoms in total. The summed E-state index contributed by atoms with van der Waals surface area (Å²) in [6.07, 6.45) is 2.79. The minimum atomic E-state index is -0.499. The van der Waals surface area contributed by atoms with E-state index in [1.165, 1.54) is 13.0 Å². The Morgan fingerprint density at radius 1 is 1.12 bits per heavy atom. The number of hydrogen-bond donors (Lipinski definition) is 1. The van der Waals surface area contributed by atoms with Gasteiger partial charge in [-0.25, -0.2) is 0 Å². The summed E-state index contributed by atoms with van der Waals surface area (Å²) in [6.45, 7) is 6.75. The number of nitrogens with zero attached hydrogens (tertiary/aromatic N) is 2. The molecule has 0 aromatic heterocycles. The van der Waals surface area contributed by atoms with Gasteiger partial charge in [-0.15, -0.1) is 0 Å². The van der Waals surface area contributed by atoms with Crippen molar-refractivity contribution in [2.75, 3.05) is 53.0 Å². The number of β-amino-alcohol motifs (C(OH)–C–C–N with tert-alkyl or cyclic N) is 1. The molecule has 0 radical (unpaired) electrons. The number of hydrogen-bond acceptors (Lipinski definition) is 4. The number of rotatable bonds is 2. The van der Waals surface area contributed by atoms with Gasteiger partial charge in [-0.05, 0) is 26.6 Å². The van der Waals surface area contributed by atoms with Crippen LogP contribution in [0.2, 0.25) is 0 Å². The lowest BCUT2D eigenvalue weighted by Crippen LogP contribution is -2.47. The second-order valence-electron chi connectivity index (χ2n) is 5.27. The molecule has 2 rings (SSSR count). The maximum Gasteiger partial charge on any atom is 0.0817 e. The van der Waals surface area contributed by atoms with Gasteiger partial charge in [0.05, 0.1) is 5.60 Å². The largest absolute Gasteiger partial charge is 0.388 e. The fraction of sp³-hybridized carbons (Fsp3) is 1.00. The molecule has 0 aromatic carbocycles. The first-order valence-electron chi connectivity index (χ1n) is 6.39. The van der Waals surface area contributed by atoms with Gasteiger partial charge in [-0.2, -0.15) is 0 Å². The van der Waals surface area contributed by atoms with Crippen molar-refractivity contribution in [3.8, 4) is 0 Å². The predicted octanol–water partition coefficient (Wildman–Crippen LogP) is 0.165. The molecule has 2 aliphatic rings. The summed E-state index contributed by atoms with van der Waals surface area (Å²) in [5.74, 6) is 0. The minimum absolute atomic E-state index is 0.499. The van der Waals surface area contributed by atoms with Gasteiger partial charge < -0.3 is 14.7 Å². The van der Waals surface area contributed by atoms with Crippen molar-refractivity contribution in [3.05, 3.63) is 0 Å². The van der Waals surface area contributed by atoms with Crippen molar-refractivity contribution in [2.45, 2.75) is 24.9 Å². The molecular formula is C12H24N2O2. The monoisotopic (exact) mass is 228 g/mol. The highest BCUT2D eigenvalue weighted by Gasteiger charge is 2.32. The zero-order valence-electron chi connectivity index (χ0n) is 10.3. The molecule has 16 heavy (non-hydrogen) atoms. The van der Waals surface area contributed by atoms with E-state index >= 15 is 0 Å². The molecule has 0 aromatic rings. The fourth-order valence-corrected chi connectivity index (χ4v) is 2.58. The minimum Gasteiger partial charge on any atom is -0.388 e. The average molecular weight is 228 g/mol. The lowest BCUT2D eigenvalue weighted by atomic mass is 9.94. The van der Waals surface area contributed by atoms with Crippen LogP contribution in [0.3, 0.4) is 0 Å². The molecule has 2 aliphatic heterocycles. The molecule has 94 valence electrons. The van der Waals surface area contributed by atoms with Crippen molar-refractivity contribution < 1.29 is 9.84 Å². The molecule has 0 atom stereocenters. The second kappa shape index (κ2) is 5.45. The Labute approximate surface area is 98.2 Å². The standard InChI is InChI=1S/C12H24N2O2/c1-13-5-2-6-14(8-7-13)11-12(15)3-9-16-10-4-12/h15H,2-11H2,1H3. The Morgan fingerprint density at radius 2 is 1.88 bits per heavy atom. The van der Waals surface area contributed by atoms with Crippen molar-refractivity contribution in [3.63, 3.8) is 0 Å². The van der Waals surface area contributed by atoms with Gasteiger partial charge in [0.1, 0.15) is 0 Å². The van der Waals surface area contributed by atoms with Crippen LogP contribution in [0, 0.1) is 0 Å². The highest BCUT2D eigenvalue weighted by molar-refractivity contribution is 4.85. The topological polar surface area (TPSA) is 35.9 Å². The zero-order valence-corrected chi connectivity index (χ0v) is 10.3. The third-order valence-electron chi connectivity index (χ3n) is 3.75. The number of ether oxygens (including phenoxy) is 1. The highest BCUT2D eigenvalue weighted by atomic mass is 16.5. The Morgan fingerprint density at radius 3 is 2.62 bits per heavy atom. The maximum absolute atomic E-state index is 10.4. The van der Waals surface area contributed by atoms with E-state index in [0.717, 1.165) is 39.0 Å². The lowest BCUT2D eigenvalue weighted by Gasteiger charge is -2.36. The molecule has 1 N–H and O–H groups in total. The van der Waals surface area contributed by atoms with Crippen LogP contribution in [0.1, 0.15) is 19.3 Å². The molecule has 2 heterocycles. The average Bonchev–Trinajstić information content (AvgIpc) is 2.44. The number of likely N-dealkylation sites (N-methyl/N-ethyl adjacent to an activating group) is 1. The van der Waals surface area contributed by atoms with Crippen molar-refractivity contribution >= 4 is 0 Å². The van der Waals surface area contributed by atoms with Gasteiger partial charge in [0, 0.05) is 45.7 Å². The van der Waals surface area contributed by atoms with Crippen LogP contribution in [-0.2, 0) is 4.74 Å². The molecule has 0 unspecified atom stereocenters. The zero-order chi connectivity index (χ0) is 11.4. The first-order chi connectivity index (χ1) is 7.68. The van der Waals surface area contributed by atoms with E-state index in [2.05, 4.69) is 16.8 Å². The summed E-state index contributed by atoms with van der Waals surface area (Å²) in [4.78, 5) is 4.78. The number of aliphatic hydroxyl groups is 1. The van der Waals surface area contributed by atoms with Crippen LogP contribution in [0.5, 0.6) is 0 Å². The molecule has 0 aliphatic carbocycles. The molecule has 0 spiro atoms. The van der Waals surface area contributed by atoms with Crippen LogP contribution < -0.4 is 0 Å². The third kappa shape index (κ3) is 3.42. The molecule has 2 fully saturated rings. The Kier molecular flexibility index (Phi) is 4.19. The summed E-state index contributed by atoms with van der Waals surface area (Å²) in [5, 5.41) is 10.4. The van der Waals surface area contributed by atoms with Crippen LogP contribution >= 0.6 is 0 Å². The van der Waals surface area contributed by atoms with Gasteiger partial charge in [0.2, 0.25) is 0 Å². The van der Waals surface area contributed by atoms with E-state index in [4.69, 9.17) is 4.74 Å². The van der Waals surface area contributed by atoms with E-state index in [1.807, 2.05) is 0 Å². The lowest BCUT2D eigenvalue weighted by molar-refractivity contribution is -0.0792. The summed E-state index contributed by atoms with van der Waals surface area (Å²) >= 11 is 0. The fourth-order valence-electron chi connectivity index (χ4n) is 2.58. The van der Waals surface area contributed by atoms with Gasteiger partial charge in [0.15, 0.2) is 0 Å². The Hall–Kier alpha value is -0.160. The summed E-state index contributed by atoms with van der Waals surface area (Å²) in [5.41, 5.74) is -0.499. The van der Waals surface area contributed by atoms with Gasteiger partial charge in [-0.3, -0.25) is 4.90 Å². The van der Waals surface area contributed by atoms with Gasteiger partial charge in [0.25, 0.3) is 0 Å². The highest BCUT2D eigenvalue weighted by Crippen LogP contribution is 2.22. The molecule has 0 bridgehead atoms. The predicted molar refractivity (Wildman–Crippen MR) is 63.6 cm³/mol. The van der Waals surface area contributed by atoms with E-state index in [-0.39, 0.29) is 0 Å². The first kappa shape index (κ1) is 12.3. The van der Waals surface area contributed by atoms with Crippen LogP contribution in [-0.4, -0.2) is 73.5 Å². The Bertz CT molecular complexity index is 217. The summed E-state index contributed by atoms with van der Waals surface area (Å²) < 4.78 is 5.31. The van der Waals surface area contributed by atoms with E-state index in [1.54, 1.807) is 0 Å². The van der Waals surface area contributed by atoms with Crippen molar-refractivity contribution in [2.24, 2.45) is 0 Å². The third-order valence-corrected chi connectivity index (χ3v) is 3.75. The molecular weight excluding hydrogens is 204 g/mol. The van der Waals surface area contributed by atoms with E-state index in [9.17, 15) is 5.11 Å². The maximum atomic E-state index is 10.4. The first-order valence-corrected chi connectivity index (χ1v) is 6.39. The molecule has 4 heteroatoms. The van der Waals surface area contributed by atoms with E-state index < -0.39 is 5.60 Å². The summed E-state index contributed by atoms with van der Waals surface area (Å²) in [7, 11) is 2.17. The van der Waals surface area contributed by atoms with Gasteiger partial charge in [-0.1, -0.05) is 0 Å². The van der Waals surface area contributed by atoms with Crippen LogP contribution in [0.25, 0.3) is 0 Å². The molecule has 2 saturated heterocycles. The molecule has 0 saturated carbocycles. The van der Waals surface area contributed by atoms with Crippen molar-refractivity contribution in [1.82, 2.24) is 9.80 Å². The SMILES string of the molecule is CN1CCCN(CC2(O)CCOCC2)CC1. The van der Waals surface area contributed by atoms with Crippen LogP contribution in [0.4, 0.5) is 0 Å². The quantitative estimate of drug-likeness (QED) is 0.731. The van der Waals surface area contributed by atoms with Crippen LogP contribution in [0.15, 0.2) is 0 Å². The summed E-state index contributed by atoms with van der Waals surface area (Å²) in [6, 6.07) is 0. The van der Waals surface area contributed by atoms with Gasteiger partial charge >= 0.3 is 0 Å². The van der Waals surface area contributed by atoms with Crippen molar-refractivity contribution in [1.29, 1.82) is 0 Å². The normalized spacial score (nSPS) is 28.9. The van der Waals surface area contributed by atoms with E-state index in [0.29, 0.717) is 13.2 Å². The molecule has 0 amide bonds. The second-order valence-corrected chi connectivity index (χ2v) is 5.27. The Balaban J connectivity index is 1.83.